The first-order chi connectivity index (χ1) is 10.1. The normalized spacial score (nSPS) is 21.1. The van der Waals surface area contributed by atoms with Crippen molar-refractivity contribution in [3.05, 3.63) is 35.4 Å². The molecule has 1 N–H and O–H groups in total. The highest BCUT2D eigenvalue weighted by Crippen LogP contribution is 2.16. The van der Waals surface area contributed by atoms with Gasteiger partial charge in [-0.2, -0.15) is 0 Å². The number of benzene rings is 1. The SMILES string of the molecule is CCN1CCN(Cc2ccccc2CNC(C)C)CC1C. The first-order valence-corrected chi connectivity index (χ1v) is 8.36. The van der Waals surface area contributed by atoms with Gasteiger partial charge in [0.05, 0.1) is 0 Å². The highest BCUT2D eigenvalue weighted by molar-refractivity contribution is 5.27. The van der Waals surface area contributed by atoms with E-state index in [1.54, 1.807) is 0 Å². The van der Waals surface area contributed by atoms with Crippen LogP contribution in [0, 0.1) is 0 Å². The number of nitrogens with zero attached hydrogens (tertiary/aromatic N) is 2. The molecule has 3 nitrogen and oxygen atoms in total. The van der Waals surface area contributed by atoms with E-state index in [-0.39, 0.29) is 0 Å². The van der Waals surface area contributed by atoms with E-state index in [0.717, 1.165) is 13.1 Å². The summed E-state index contributed by atoms with van der Waals surface area (Å²) < 4.78 is 0. The van der Waals surface area contributed by atoms with Gasteiger partial charge in [0.2, 0.25) is 0 Å². The van der Waals surface area contributed by atoms with Crippen molar-refractivity contribution in [2.45, 2.75) is 52.9 Å². The molecule has 0 aromatic heterocycles. The fourth-order valence-corrected chi connectivity index (χ4v) is 3.12. The topological polar surface area (TPSA) is 18.5 Å². The van der Waals surface area contributed by atoms with Crippen molar-refractivity contribution in [2.75, 3.05) is 26.2 Å². The first-order valence-electron chi connectivity index (χ1n) is 8.36. The fraction of sp³-hybridized carbons (Fsp3) is 0.667. The number of piperazine rings is 1. The smallest absolute Gasteiger partial charge is 0.0238 e. The molecule has 2 rings (SSSR count). The van der Waals surface area contributed by atoms with Crippen LogP contribution in [0.25, 0.3) is 0 Å². The lowest BCUT2D eigenvalue weighted by Gasteiger charge is -2.39. The van der Waals surface area contributed by atoms with Gasteiger partial charge in [-0.1, -0.05) is 45.0 Å². The molecule has 1 aliphatic rings. The Balaban J connectivity index is 1.96. The Labute approximate surface area is 130 Å². The van der Waals surface area contributed by atoms with E-state index < -0.39 is 0 Å². The zero-order valence-corrected chi connectivity index (χ0v) is 14.1. The Hall–Kier alpha value is -0.900. The van der Waals surface area contributed by atoms with E-state index in [1.807, 2.05) is 0 Å². The molecule has 1 saturated heterocycles. The Morgan fingerprint density at radius 1 is 1.19 bits per heavy atom. The Morgan fingerprint density at radius 3 is 2.52 bits per heavy atom. The number of rotatable bonds is 6. The lowest BCUT2D eigenvalue weighted by atomic mass is 10.1. The molecule has 1 aliphatic heterocycles. The van der Waals surface area contributed by atoms with Gasteiger partial charge in [0.25, 0.3) is 0 Å². The third-order valence-electron chi connectivity index (χ3n) is 4.47. The van der Waals surface area contributed by atoms with Gasteiger partial charge in [-0.3, -0.25) is 9.80 Å². The third kappa shape index (κ3) is 4.80. The number of likely N-dealkylation sites (N-methyl/N-ethyl adjacent to an activating group) is 1. The van der Waals surface area contributed by atoms with Gasteiger partial charge in [0, 0.05) is 44.8 Å². The minimum Gasteiger partial charge on any atom is -0.310 e. The maximum absolute atomic E-state index is 3.54. The zero-order valence-electron chi connectivity index (χ0n) is 14.1. The van der Waals surface area contributed by atoms with Crippen LogP contribution in [0.2, 0.25) is 0 Å². The van der Waals surface area contributed by atoms with Crippen molar-refractivity contribution in [2.24, 2.45) is 0 Å². The van der Waals surface area contributed by atoms with Gasteiger partial charge in [-0.15, -0.1) is 0 Å². The highest BCUT2D eigenvalue weighted by Gasteiger charge is 2.22. The molecule has 118 valence electrons. The largest absolute Gasteiger partial charge is 0.310 e. The van der Waals surface area contributed by atoms with Crippen LogP contribution in [0.3, 0.4) is 0 Å². The molecule has 0 amide bonds. The highest BCUT2D eigenvalue weighted by atomic mass is 15.3. The van der Waals surface area contributed by atoms with E-state index in [2.05, 4.69) is 67.1 Å². The van der Waals surface area contributed by atoms with Crippen molar-refractivity contribution >= 4 is 0 Å². The summed E-state index contributed by atoms with van der Waals surface area (Å²) in [4.78, 5) is 5.17. The van der Waals surface area contributed by atoms with Crippen molar-refractivity contribution < 1.29 is 0 Å². The summed E-state index contributed by atoms with van der Waals surface area (Å²) in [6.07, 6.45) is 0. The van der Waals surface area contributed by atoms with Crippen LogP contribution in [0.5, 0.6) is 0 Å². The lowest BCUT2D eigenvalue weighted by molar-refractivity contribution is 0.0832. The monoisotopic (exact) mass is 289 g/mol. The van der Waals surface area contributed by atoms with Crippen molar-refractivity contribution in [3.63, 3.8) is 0 Å². The van der Waals surface area contributed by atoms with Gasteiger partial charge in [-0.25, -0.2) is 0 Å². The van der Waals surface area contributed by atoms with Crippen molar-refractivity contribution in [3.8, 4) is 0 Å². The van der Waals surface area contributed by atoms with Gasteiger partial charge in [0.15, 0.2) is 0 Å². The first kappa shape index (κ1) is 16.5. The Bertz CT molecular complexity index is 430. The maximum atomic E-state index is 3.54. The standard InChI is InChI=1S/C18H31N3/c1-5-21-11-10-20(13-16(21)4)14-18-9-7-6-8-17(18)12-19-15(2)3/h6-9,15-16,19H,5,10-14H2,1-4H3. The molecule has 1 heterocycles. The predicted octanol–water partition coefficient (Wildman–Crippen LogP) is 2.71. The minimum atomic E-state index is 0.533. The maximum Gasteiger partial charge on any atom is 0.0238 e. The number of hydrogen-bond acceptors (Lipinski definition) is 3. The van der Waals surface area contributed by atoms with Crippen LogP contribution >= 0.6 is 0 Å². The fourth-order valence-electron chi connectivity index (χ4n) is 3.12. The van der Waals surface area contributed by atoms with Crippen molar-refractivity contribution in [1.29, 1.82) is 0 Å². The predicted molar refractivity (Wildman–Crippen MR) is 90.4 cm³/mol. The quantitative estimate of drug-likeness (QED) is 0.869. The average Bonchev–Trinajstić information content (AvgIpc) is 2.46. The molecule has 1 aromatic rings. The molecule has 0 bridgehead atoms. The number of hydrogen-bond donors (Lipinski definition) is 1. The Kier molecular flexibility index (Phi) is 6.22. The zero-order chi connectivity index (χ0) is 15.2. The summed E-state index contributed by atoms with van der Waals surface area (Å²) in [6.45, 7) is 15.8. The molecule has 0 saturated carbocycles. The second kappa shape index (κ2) is 7.92. The molecule has 21 heavy (non-hydrogen) atoms. The molecule has 3 heteroatoms. The van der Waals surface area contributed by atoms with Gasteiger partial charge in [-0.05, 0) is 24.6 Å². The summed E-state index contributed by atoms with van der Waals surface area (Å²) in [5.74, 6) is 0. The van der Waals surface area contributed by atoms with Gasteiger partial charge in [0.1, 0.15) is 0 Å². The average molecular weight is 289 g/mol. The van der Waals surface area contributed by atoms with Crippen LogP contribution in [-0.2, 0) is 13.1 Å². The summed E-state index contributed by atoms with van der Waals surface area (Å²) >= 11 is 0. The molecule has 1 aromatic carbocycles. The van der Waals surface area contributed by atoms with Crippen LogP contribution in [0.1, 0.15) is 38.8 Å². The molecule has 0 spiro atoms. The van der Waals surface area contributed by atoms with Crippen LogP contribution in [0.15, 0.2) is 24.3 Å². The second-order valence-electron chi connectivity index (χ2n) is 6.52. The van der Waals surface area contributed by atoms with E-state index in [0.29, 0.717) is 12.1 Å². The summed E-state index contributed by atoms with van der Waals surface area (Å²) in [7, 11) is 0. The molecule has 0 radical (unpaired) electrons. The van der Waals surface area contributed by atoms with E-state index >= 15 is 0 Å². The van der Waals surface area contributed by atoms with Gasteiger partial charge >= 0.3 is 0 Å². The molecule has 0 aliphatic carbocycles. The van der Waals surface area contributed by atoms with E-state index in [9.17, 15) is 0 Å². The summed E-state index contributed by atoms with van der Waals surface area (Å²) in [5.41, 5.74) is 2.92. The minimum absolute atomic E-state index is 0.533. The molecule has 1 atom stereocenters. The van der Waals surface area contributed by atoms with Crippen LogP contribution < -0.4 is 5.32 Å². The lowest BCUT2D eigenvalue weighted by Crippen LogP contribution is -2.51. The molecular formula is C18H31N3. The molecule has 1 unspecified atom stereocenters. The molecular weight excluding hydrogens is 258 g/mol. The molecule has 1 fully saturated rings. The van der Waals surface area contributed by atoms with E-state index in [1.165, 1.54) is 37.3 Å². The van der Waals surface area contributed by atoms with E-state index in [4.69, 9.17) is 0 Å². The summed E-state index contributed by atoms with van der Waals surface area (Å²) in [5, 5.41) is 3.54. The van der Waals surface area contributed by atoms with Gasteiger partial charge < -0.3 is 5.32 Å². The second-order valence-corrected chi connectivity index (χ2v) is 6.52. The Morgan fingerprint density at radius 2 is 1.90 bits per heavy atom. The van der Waals surface area contributed by atoms with Crippen LogP contribution in [-0.4, -0.2) is 48.1 Å². The number of nitrogens with one attached hydrogen (secondary N) is 1. The van der Waals surface area contributed by atoms with Crippen molar-refractivity contribution in [1.82, 2.24) is 15.1 Å². The summed E-state index contributed by atoms with van der Waals surface area (Å²) in [6, 6.07) is 10.1. The van der Waals surface area contributed by atoms with Crippen LogP contribution in [0.4, 0.5) is 0 Å². The third-order valence-corrected chi connectivity index (χ3v) is 4.47.